The van der Waals surface area contributed by atoms with Gasteiger partial charge in [0, 0.05) is 11.8 Å². The molecule has 1 aliphatic rings. The molecule has 4 heteroatoms. The molecule has 3 nitrogen and oxygen atoms in total. The molecule has 1 saturated heterocycles. The molecule has 0 aromatic rings. The first-order valence-electron chi connectivity index (χ1n) is 5.71. The van der Waals surface area contributed by atoms with Crippen molar-refractivity contribution in [3.05, 3.63) is 0 Å². The van der Waals surface area contributed by atoms with Crippen molar-refractivity contribution in [2.45, 2.75) is 45.7 Å². The van der Waals surface area contributed by atoms with Gasteiger partial charge < -0.3 is 5.11 Å². The molecule has 1 atom stereocenters. The third-order valence-corrected chi connectivity index (χ3v) is 5.15. The van der Waals surface area contributed by atoms with E-state index >= 15 is 0 Å². The lowest BCUT2D eigenvalue weighted by Gasteiger charge is -2.44. The fraction of sp³-hybridized carbons (Fsp3) is 0.917. The highest BCUT2D eigenvalue weighted by Crippen LogP contribution is 2.36. The van der Waals surface area contributed by atoms with Crippen molar-refractivity contribution in [2.75, 3.05) is 18.6 Å². The zero-order valence-corrected chi connectivity index (χ0v) is 11.7. The normalized spacial score (nSPS) is 25.8. The zero-order chi connectivity index (χ0) is 12.6. The van der Waals surface area contributed by atoms with Crippen LogP contribution < -0.4 is 0 Å². The quantitative estimate of drug-likeness (QED) is 0.828. The van der Waals surface area contributed by atoms with E-state index in [9.17, 15) is 9.90 Å². The lowest BCUT2D eigenvalue weighted by Crippen LogP contribution is -2.55. The molecule has 1 heterocycles. The van der Waals surface area contributed by atoms with Gasteiger partial charge in [0.15, 0.2) is 0 Å². The molecule has 0 aromatic carbocycles. The Morgan fingerprint density at radius 2 is 2.06 bits per heavy atom. The molecule has 94 valence electrons. The standard InChI is InChI=1S/C12H23NO2S/c1-11(2)6-9(7-16-8-11)13(5)12(3,4)10(14)15/h9H,6-8H2,1-5H3,(H,14,15). The van der Waals surface area contributed by atoms with Crippen LogP contribution in [0.4, 0.5) is 0 Å². The minimum Gasteiger partial charge on any atom is -0.480 e. The Morgan fingerprint density at radius 3 is 2.50 bits per heavy atom. The first-order valence-corrected chi connectivity index (χ1v) is 6.86. The van der Waals surface area contributed by atoms with Crippen molar-refractivity contribution in [1.29, 1.82) is 0 Å². The predicted octanol–water partition coefficient (Wildman–Crippen LogP) is 2.31. The molecule has 16 heavy (non-hydrogen) atoms. The number of thioether (sulfide) groups is 1. The lowest BCUT2D eigenvalue weighted by atomic mass is 9.86. The minimum atomic E-state index is -0.779. The van der Waals surface area contributed by atoms with E-state index in [1.54, 1.807) is 13.8 Å². The summed E-state index contributed by atoms with van der Waals surface area (Å²) in [7, 11) is 1.93. The van der Waals surface area contributed by atoms with E-state index < -0.39 is 11.5 Å². The number of carbonyl (C=O) groups is 1. The van der Waals surface area contributed by atoms with Crippen LogP contribution in [-0.2, 0) is 4.79 Å². The number of rotatable bonds is 3. The summed E-state index contributed by atoms with van der Waals surface area (Å²) in [5.41, 5.74) is -0.463. The first kappa shape index (κ1) is 13.8. The van der Waals surface area contributed by atoms with E-state index in [2.05, 4.69) is 13.8 Å². The third kappa shape index (κ3) is 2.92. The van der Waals surface area contributed by atoms with E-state index in [4.69, 9.17) is 0 Å². The van der Waals surface area contributed by atoms with Crippen LogP contribution in [0.5, 0.6) is 0 Å². The van der Waals surface area contributed by atoms with Gasteiger partial charge in [-0.2, -0.15) is 11.8 Å². The second kappa shape index (κ2) is 4.57. The number of aliphatic carboxylic acids is 1. The smallest absolute Gasteiger partial charge is 0.323 e. The van der Waals surface area contributed by atoms with E-state index in [-0.39, 0.29) is 0 Å². The van der Waals surface area contributed by atoms with Crippen molar-refractivity contribution in [2.24, 2.45) is 5.41 Å². The summed E-state index contributed by atoms with van der Waals surface area (Å²) in [5.74, 6) is 1.46. The van der Waals surface area contributed by atoms with Gasteiger partial charge in [-0.1, -0.05) is 13.8 Å². The molecule has 0 aliphatic carbocycles. The second-order valence-corrected chi connectivity index (χ2v) is 7.04. The Kier molecular flexibility index (Phi) is 3.95. The van der Waals surface area contributed by atoms with Gasteiger partial charge in [0.25, 0.3) is 0 Å². The fourth-order valence-electron chi connectivity index (χ4n) is 2.08. The van der Waals surface area contributed by atoms with Crippen LogP contribution in [0.3, 0.4) is 0 Å². The summed E-state index contributed by atoms with van der Waals surface area (Å²) in [6.45, 7) is 8.07. The topological polar surface area (TPSA) is 40.5 Å². The van der Waals surface area contributed by atoms with Crippen LogP contribution in [0, 0.1) is 5.41 Å². The SMILES string of the molecule is CN(C1CSCC(C)(C)C1)C(C)(C)C(=O)O. The van der Waals surface area contributed by atoms with E-state index in [0.29, 0.717) is 11.5 Å². The summed E-state index contributed by atoms with van der Waals surface area (Å²) >= 11 is 1.93. The maximum Gasteiger partial charge on any atom is 0.323 e. The summed E-state index contributed by atoms with van der Waals surface area (Å²) in [5, 5.41) is 9.22. The van der Waals surface area contributed by atoms with Crippen molar-refractivity contribution < 1.29 is 9.90 Å². The number of likely N-dealkylation sites (N-methyl/N-ethyl adjacent to an activating group) is 1. The fourth-order valence-corrected chi connectivity index (χ4v) is 3.48. The number of hydrogen-bond acceptors (Lipinski definition) is 3. The third-order valence-electron chi connectivity index (χ3n) is 3.54. The number of nitrogens with zero attached hydrogens (tertiary/aromatic N) is 1. The molecular weight excluding hydrogens is 222 g/mol. The number of hydrogen-bond donors (Lipinski definition) is 1. The molecule has 0 amide bonds. The molecule has 0 spiro atoms. The van der Waals surface area contributed by atoms with Gasteiger partial charge in [0.2, 0.25) is 0 Å². The predicted molar refractivity (Wildman–Crippen MR) is 69.0 cm³/mol. The van der Waals surface area contributed by atoms with Gasteiger partial charge in [0.1, 0.15) is 5.54 Å². The van der Waals surface area contributed by atoms with Crippen LogP contribution in [0.15, 0.2) is 0 Å². The number of carboxylic acid groups (broad SMARTS) is 1. The van der Waals surface area contributed by atoms with Crippen LogP contribution >= 0.6 is 11.8 Å². The Labute approximate surface area is 103 Å². The van der Waals surface area contributed by atoms with Crippen LogP contribution in [-0.4, -0.2) is 46.1 Å². The zero-order valence-electron chi connectivity index (χ0n) is 10.9. The Morgan fingerprint density at radius 1 is 1.50 bits per heavy atom. The Balaban J connectivity index is 2.74. The molecule has 1 aliphatic heterocycles. The molecule has 1 fully saturated rings. The lowest BCUT2D eigenvalue weighted by molar-refractivity contribution is -0.150. The highest BCUT2D eigenvalue weighted by molar-refractivity contribution is 7.99. The van der Waals surface area contributed by atoms with E-state index in [1.165, 1.54) is 5.75 Å². The molecule has 0 saturated carbocycles. The summed E-state index contributed by atoms with van der Waals surface area (Å²) in [6, 6.07) is 0.361. The van der Waals surface area contributed by atoms with Crippen LogP contribution in [0.1, 0.15) is 34.1 Å². The maximum atomic E-state index is 11.2. The van der Waals surface area contributed by atoms with E-state index in [1.807, 2.05) is 23.7 Å². The van der Waals surface area contributed by atoms with Gasteiger partial charge in [-0.15, -0.1) is 0 Å². The van der Waals surface area contributed by atoms with Gasteiger partial charge in [0.05, 0.1) is 0 Å². The van der Waals surface area contributed by atoms with Crippen molar-refractivity contribution in [3.63, 3.8) is 0 Å². The van der Waals surface area contributed by atoms with E-state index in [0.717, 1.165) is 12.2 Å². The van der Waals surface area contributed by atoms with Crippen LogP contribution in [0.2, 0.25) is 0 Å². The second-order valence-electron chi connectivity index (χ2n) is 6.01. The molecule has 0 radical (unpaired) electrons. The van der Waals surface area contributed by atoms with Gasteiger partial charge in [-0.05, 0) is 38.5 Å². The van der Waals surface area contributed by atoms with Crippen molar-refractivity contribution in [1.82, 2.24) is 4.90 Å². The van der Waals surface area contributed by atoms with Gasteiger partial charge in [-0.3, -0.25) is 9.69 Å². The first-order chi connectivity index (χ1) is 7.17. The highest BCUT2D eigenvalue weighted by atomic mass is 32.2. The highest BCUT2D eigenvalue weighted by Gasteiger charge is 2.39. The molecular formula is C12H23NO2S. The Hall–Kier alpha value is -0.220. The Bertz CT molecular complexity index is 276. The summed E-state index contributed by atoms with van der Waals surface area (Å²) in [6.07, 6.45) is 1.08. The molecule has 0 aromatic heterocycles. The summed E-state index contributed by atoms with van der Waals surface area (Å²) < 4.78 is 0. The van der Waals surface area contributed by atoms with Gasteiger partial charge >= 0.3 is 5.97 Å². The summed E-state index contributed by atoms with van der Waals surface area (Å²) in [4.78, 5) is 13.2. The van der Waals surface area contributed by atoms with Crippen molar-refractivity contribution in [3.8, 4) is 0 Å². The average molecular weight is 245 g/mol. The maximum absolute atomic E-state index is 11.2. The molecule has 1 unspecified atom stereocenters. The van der Waals surface area contributed by atoms with Gasteiger partial charge in [-0.25, -0.2) is 0 Å². The van der Waals surface area contributed by atoms with Crippen LogP contribution in [0.25, 0.3) is 0 Å². The molecule has 1 rings (SSSR count). The minimum absolute atomic E-state index is 0.316. The molecule has 0 bridgehead atoms. The largest absolute Gasteiger partial charge is 0.480 e. The molecule has 1 N–H and O–H groups in total. The average Bonchev–Trinajstić information content (AvgIpc) is 2.14. The van der Waals surface area contributed by atoms with Crippen molar-refractivity contribution >= 4 is 17.7 Å². The number of carboxylic acids is 1. The monoisotopic (exact) mass is 245 g/mol.